The minimum absolute atomic E-state index is 0.470. The molecule has 0 aliphatic rings. The number of hydrogen-bond acceptors (Lipinski definition) is 2. The van der Waals surface area contributed by atoms with Crippen molar-refractivity contribution < 1.29 is 0 Å². The predicted octanol–water partition coefficient (Wildman–Crippen LogP) is 3.75. The number of halogens is 1. The Kier molecular flexibility index (Phi) is 5.07. The van der Waals surface area contributed by atoms with Gasteiger partial charge in [-0.2, -0.15) is 0 Å². The van der Waals surface area contributed by atoms with E-state index in [0.29, 0.717) is 11.9 Å². The van der Waals surface area contributed by atoms with Gasteiger partial charge in [0.2, 0.25) is 0 Å². The van der Waals surface area contributed by atoms with Crippen molar-refractivity contribution in [3.8, 4) is 0 Å². The van der Waals surface area contributed by atoms with Crippen LogP contribution in [0.3, 0.4) is 0 Å². The highest BCUT2D eigenvalue weighted by molar-refractivity contribution is 6.17. The average Bonchev–Trinajstić information content (AvgIpc) is 2.24. The summed E-state index contributed by atoms with van der Waals surface area (Å²) in [5.41, 5.74) is 2.18. The van der Waals surface area contributed by atoms with Gasteiger partial charge in [-0.25, -0.2) is 4.98 Å². The number of hydrogen-bond donors (Lipinski definition) is 0. The van der Waals surface area contributed by atoms with E-state index in [0.717, 1.165) is 30.0 Å². The number of pyridine rings is 1. The first-order valence-corrected chi connectivity index (χ1v) is 6.42. The number of alkyl halides is 1. The third-order valence-corrected chi connectivity index (χ3v) is 2.84. The van der Waals surface area contributed by atoms with Crippen LogP contribution in [0.1, 0.15) is 38.4 Å². The fourth-order valence-corrected chi connectivity index (χ4v) is 1.98. The predicted molar refractivity (Wildman–Crippen MR) is 71.3 cm³/mol. The lowest BCUT2D eigenvalue weighted by Gasteiger charge is -2.28. The van der Waals surface area contributed by atoms with Gasteiger partial charge in [0.1, 0.15) is 5.82 Å². The largest absolute Gasteiger partial charge is 0.354 e. The molecule has 3 heteroatoms. The van der Waals surface area contributed by atoms with E-state index in [2.05, 4.69) is 36.7 Å². The highest BCUT2D eigenvalue weighted by atomic mass is 35.5. The molecule has 2 nitrogen and oxygen atoms in total. The quantitative estimate of drug-likeness (QED) is 0.729. The van der Waals surface area contributed by atoms with E-state index >= 15 is 0 Å². The number of nitrogens with zero attached hydrogens (tertiary/aromatic N) is 2. The van der Waals surface area contributed by atoms with E-state index in [1.807, 2.05) is 13.0 Å². The average molecular weight is 241 g/mol. The zero-order valence-electron chi connectivity index (χ0n) is 10.6. The van der Waals surface area contributed by atoms with Crippen molar-refractivity contribution in [2.45, 2.75) is 46.0 Å². The fraction of sp³-hybridized carbons (Fsp3) is 0.615. The Balaban J connectivity index is 3.03. The van der Waals surface area contributed by atoms with Gasteiger partial charge >= 0.3 is 0 Å². The molecule has 0 aliphatic carbocycles. The molecule has 1 rings (SSSR count). The summed E-state index contributed by atoms with van der Waals surface area (Å²) in [5, 5.41) is 0. The Morgan fingerprint density at radius 2 is 2.06 bits per heavy atom. The smallest absolute Gasteiger partial charge is 0.129 e. The van der Waals surface area contributed by atoms with E-state index in [-0.39, 0.29) is 0 Å². The first kappa shape index (κ1) is 13.3. The van der Waals surface area contributed by atoms with Gasteiger partial charge in [0.05, 0.1) is 0 Å². The Hall–Kier alpha value is -0.760. The Morgan fingerprint density at radius 3 is 2.56 bits per heavy atom. The molecule has 0 aromatic carbocycles. The van der Waals surface area contributed by atoms with Crippen LogP contribution in [0.4, 0.5) is 5.82 Å². The summed E-state index contributed by atoms with van der Waals surface area (Å²) in [4.78, 5) is 6.91. The van der Waals surface area contributed by atoms with Crippen molar-refractivity contribution >= 4 is 17.4 Å². The van der Waals surface area contributed by atoms with Crippen LogP contribution in [0, 0.1) is 6.92 Å². The molecule has 1 aromatic heterocycles. The second kappa shape index (κ2) is 6.09. The lowest BCUT2D eigenvalue weighted by molar-refractivity contribution is 0.661. The van der Waals surface area contributed by atoms with Crippen LogP contribution in [0.2, 0.25) is 0 Å². The molecule has 0 unspecified atom stereocenters. The summed E-state index contributed by atoms with van der Waals surface area (Å²) in [5.74, 6) is 1.60. The van der Waals surface area contributed by atoms with Gasteiger partial charge in [-0.1, -0.05) is 6.92 Å². The third-order valence-electron chi connectivity index (χ3n) is 2.54. The van der Waals surface area contributed by atoms with E-state index in [1.165, 1.54) is 0 Å². The van der Waals surface area contributed by atoms with Gasteiger partial charge in [0, 0.05) is 24.2 Å². The summed E-state index contributed by atoms with van der Waals surface area (Å²) in [7, 11) is 0. The Labute approximate surface area is 104 Å². The van der Waals surface area contributed by atoms with Crippen molar-refractivity contribution in [1.82, 2.24) is 4.98 Å². The first-order chi connectivity index (χ1) is 7.58. The molecule has 0 bridgehead atoms. The third kappa shape index (κ3) is 3.38. The van der Waals surface area contributed by atoms with Gasteiger partial charge in [-0.05, 0) is 44.9 Å². The van der Waals surface area contributed by atoms with Crippen molar-refractivity contribution in [2.24, 2.45) is 0 Å². The SMILES string of the molecule is CCCN(c1cc(CCl)cc(C)n1)C(C)C. The van der Waals surface area contributed by atoms with Crippen molar-refractivity contribution in [3.63, 3.8) is 0 Å². The molecule has 0 saturated carbocycles. The van der Waals surface area contributed by atoms with E-state index in [9.17, 15) is 0 Å². The molecule has 0 atom stereocenters. The van der Waals surface area contributed by atoms with Gasteiger partial charge < -0.3 is 4.90 Å². The maximum absolute atomic E-state index is 5.89. The van der Waals surface area contributed by atoms with E-state index in [1.54, 1.807) is 0 Å². The topological polar surface area (TPSA) is 16.1 Å². The number of anilines is 1. The first-order valence-electron chi connectivity index (χ1n) is 5.88. The summed E-state index contributed by atoms with van der Waals surface area (Å²) in [6, 6.07) is 4.61. The van der Waals surface area contributed by atoms with Crippen LogP contribution < -0.4 is 4.90 Å². The summed E-state index contributed by atoms with van der Waals surface area (Å²) in [6.45, 7) is 9.63. The second-order valence-corrected chi connectivity index (χ2v) is 4.66. The standard InChI is InChI=1S/C13H21ClN2/c1-5-6-16(10(2)3)13-8-12(9-14)7-11(4)15-13/h7-8,10H,5-6,9H2,1-4H3. The molecule has 0 saturated heterocycles. The van der Waals surface area contributed by atoms with Crippen LogP contribution >= 0.6 is 11.6 Å². The molecule has 0 fully saturated rings. The van der Waals surface area contributed by atoms with Crippen LogP contribution in [-0.2, 0) is 5.88 Å². The molecular formula is C13H21ClN2. The van der Waals surface area contributed by atoms with E-state index in [4.69, 9.17) is 11.6 Å². The molecular weight excluding hydrogens is 220 g/mol. The van der Waals surface area contributed by atoms with Gasteiger partial charge in [-0.3, -0.25) is 0 Å². The summed E-state index contributed by atoms with van der Waals surface area (Å²) in [6.07, 6.45) is 1.13. The minimum atomic E-state index is 0.470. The number of aryl methyl sites for hydroxylation is 1. The van der Waals surface area contributed by atoms with Gasteiger partial charge in [-0.15, -0.1) is 11.6 Å². The maximum atomic E-state index is 5.89. The highest BCUT2D eigenvalue weighted by Crippen LogP contribution is 2.18. The van der Waals surface area contributed by atoms with Crippen LogP contribution in [0.15, 0.2) is 12.1 Å². The lowest BCUT2D eigenvalue weighted by Crippen LogP contribution is -2.32. The zero-order valence-corrected chi connectivity index (χ0v) is 11.4. The normalized spacial score (nSPS) is 10.9. The fourth-order valence-electron chi connectivity index (χ4n) is 1.82. The monoisotopic (exact) mass is 240 g/mol. The Bertz CT molecular complexity index is 337. The number of rotatable bonds is 5. The summed E-state index contributed by atoms with van der Waals surface area (Å²) < 4.78 is 0. The highest BCUT2D eigenvalue weighted by Gasteiger charge is 2.11. The van der Waals surface area contributed by atoms with Gasteiger partial charge in [0.15, 0.2) is 0 Å². The maximum Gasteiger partial charge on any atom is 0.129 e. The van der Waals surface area contributed by atoms with Crippen molar-refractivity contribution in [2.75, 3.05) is 11.4 Å². The Morgan fingerprint density at radius 1 is 1.38 bits per heavy atom. The molecule has 90 valence electrons. The molecule has 0 radical (unpaired) electrons. The van der Waals surface area contributed by atoms with Crippen molar-refractivity contribution in [1.29, 1.82) is 0 Å². The molecule has 1 aromatic rings. The zero-order chi connectivity index (χ0) is 12.1. The minimum Gasteiger partial charge on any atom is -0.354 e. The lowest BCUT2D eigenvalue weighted by atomic mass is 10.2. The molecule has 0 aliphatic heterocycles. The number of aromatic nitrogens is 1. The molecule has 0 amide bonds. The molecule has 1 heterocycles. The summed E-state index contributed by atoms with van der Waals surface area (Å²) >= 11 is 5.89. The molecule has 0 spiro atoms. The van der Waals surface area contributed by atoms with E-state index < -0.39 is 0 Å². The van der Waals surface area contributed by atoms with Gasteiger partial charge in [0.25, 0.3) is 0 Å². The van der Waals surface area contributed by atoms with Crippen LogP contribution in [-0.4, -0.2) is 17.6 Å². The molecule has 16 heavy (non-hydrogen) atoms. The molecule has 0 N–H and O–H groups in total. The van der Waals surface area contributed by atoms with Crippen molar-refractivity contribution in [3.05, 3.63) is 23.4 Å². The second-order valence-electron chi connectivity index (χ2n) is 4.40. The van der Waals surface area contributed by atoms with Crippen LogP contribution in [0.5, 0.6) is 0 Å². The van der Waals surface area contributed by atoms with Crippen LogP contribution in [0.25, 0.3) is 0 Å².